The standard InChI is InChI=1S/C31H31F5N4O3/c32-23-15-20(16-24(33)17-23)19-39-11-7-25(8-12-39)38-29(41)28-6-1-21(18-37-28)30(42)40-13-9-27(10-14-40)43-26-4-2-22(3-5-26)31(34,35)36/h1-6,15-18,25,27H,7-14,19H2,(H,38,41). The molecule has 7 nitrogen and oxygen atoms in total. The lowest BCUT2D eigenvalue weighted by Crippen LogP contribution is -2.44. The molecule has 0 radical (unpaired) electrons. The number of rotatable bonds is 7. The highest BCUT2D eigenvalue weighted by atomic mass is 19.4. The molecule has 0 bridgehead atoms. The van der Waals surface area contributed by atoms with E-state index in [9.17, 15) is 31.5 Å². The van der Waals surface area contributed by atoms with E-state index >= 15 is 0 Å². The fourth-order valence-corrected chi connectivity index (χ4v) is 5.38. The number of carbonyl (C=O) groups is 2. The zero-order valence-corrected chi connectivity index (χ0v) is 23.2. The van der Waals surface area contributed by atoms with Crippen LogP contribution in [0.3, 0.4) is 0 Å². The van der Waals surface area contributed by atoms with Crippen LogP contribution in [0.15, 0.2) is 60.8 Å². The number of aromatic nitrogens is 1. The van der Waals surface area contributed by atoms with Crippen LogP contribution in [0.5, 0.6) is 5.75 Å². The van der Waals surface area contributed by atoms with Gasteiger partial charge in [0.15, 0.2) is 0 Å². The number of piperidine rings is 2. The first kappa shape index (κ1) is 30.4. The van der Waals surface area contributed by atoms with Crippen LogP contribution in [0.25, 0.3) is 0 Å². The summed E-state index contributed by atoms with van der Waals surface area (Å²) in [6.45, 7) is 2.58. The molecule has 3 heterocycles. The van der Waals surface area contributed by atoms with Gasteiger partial charge in [-0.3, -0.25) is 19.5 Å². The third kappa shape index (κ3) is 8.07. The maximum absolute atomic E-state index is 13.5. The van der Waals surface area contributed by atoms with Crippen LogP contribution >= 0.6 is 0 Å². The molecule has 0 aliphatic carbocycles. The third-order valence-corrected chi connectivity index (χ3v) is 7.71. The number of alkyl halides is 3. The van der Waals surface area contributed by atoms with Gasteiger partial charge in [0.05, 0.1) is 11.1 Å². The predicted octanol–water partition coefficient (Wildman–Crippen LogP) is 5.46. The van der Waals surface area contributed by atoms with Crippen LogP contribution in [0.4, 0.5) is 22.0 Å². The maximum Gasteiger partial charge on any atom is 0.416 e. The molecule has 0 atom stereocenters. The van der Waals surface area contributed by atoms with Crippen LogP contribution in [0.1, 0.15) is 57.7 Å². The minimum absolute atomic E-state index is 0.0674. The summed E-state index contributed by atoms with van der Waals surface area (Å²) in [6, 6.07) is 11.0. The summed E-state index contributed by atoms with van der Waals surface area (Å²) in [7, 11) is 0. The van der Waals surface area contributed by atoms with E-state index in [1.165, 1.54) is 36.5 Å². The summed E-state index contributed by atoms with van der Waals surface area (Å²) < 4.78 is 71.0. The monoisotopic (exact) mass is 602 g/mol. The first-order chi connectivity index (χ1) is 20.5. The quantitative estimate of drug-likeness (QED) is 0.364. The Labute approximate surface area is 245 Å². The number of halogens is 5. The Morgan fingerprint density at radius 2 is 1.53 bits per heavy atom. The highest BCUT2D eigenvalue weighted by Crippen LogP contribution is 2.31. The number of hydrogen-bond donors (Lipinski definition) is 1. The smallest absolute Gasteiger partial charge is 0.416 e. The van der Waals surface area contributed by atoms with Crippen molar-refractivity contribution in [3.63, 3.8) is 0 Å². The molecule has 2 aliphatic heterocycles. The van der Waals surface area contributed by atoms with Crippen molar-refractivity contribution in [3.05, 3.63) is 94.8 Å². The average molecular weight is 603 g/mol. The van der Waals surface area contributed by atoms with Gasteiger partial charge in [-0.05, 0) is 66.9 Å². The first-order valence-corrected chi connectivity index (χ1v) is 14.1. The SMILES string of the molecule is O=C(NC1CCN(Cc2cc(F)cc(F)c2)CC1)c1ccc(C(=O)N2CCC(Oc3ccc(C(F)(F)F)cc3)CC2)cn1. The summed E-state index contributed by atoms with van der Waals surface area (Å²) in [5.41, 5.74) is 0.366. The number of carbonyl (C=O) groups excluding carboxylic acids is 2. The zero-order valence-electron chi connectivity index (χ0n) is 23.2. The minimum atomic E-state index is -4.41. The number of ether oxygens (including phenoxy) is 1. The van der Waals surface area contributed by atoms with Crippen molar-refractivity contribution in [3.8, 4) is 5.75 Å². The minimum Gasteiger partial charge on any atom is -0.490 e. The number of hydrogen-bond acceptors (Lipinski definition) is 5. The topological polar surface area (TPSA) is 74.8 Å². The lowest BCUT2D eigenvalue weighted by atomic mass is 10.0. The number of pyridine rings is 1. The van der Waals surface area contributed by atoms with Gasteiger partial charge in [-0.2, -0.15) is 13.2 Å². The summed E-state index contributed by atoms with van der Waals surface area (Å²) in [5, 5.41) is 2.97. The third-order valence-electron chi connectivity index (χ3n) is 7.71. The Morgan fingerprint density at radius 3 is 2.12 bits per heavy atom. The summed E-state index contributed by atoms with van der Waals surface area (Å²) in [4.78, 5) is 33.7. The number of nitrogens with zero attached hydrogens (tertiary/aromatic N) is 3. The lowest BCUT2D eigenvalue weighted by molar-refractivity contribution is -0.137. The molecule has 2 aliphatic rings. The summed E-state index contributed by atoms with van der Waals surface area (Å²) >= 11 is 0. The van der Waals surface area contributed by atoms with Crippen molar-refractivity contribution in [2.24, 2.45) is 0 Å². The molecular weight excluding hydrogens is 571 g/mol. The average Bonchev–Trinajstić information content (AvgIpc) is 2.97. The normalized spacial score (nSPS) is 17.1. The van der Waals surface area contributed by atoms with Gasteiger partial charge < -0.3 is 15.0 Å². The van der Waals surface area contributed by atoms with E-state index in [0.717, 1.165) is 18.2 Å². The Balaban J connectivity index is 1.05. The van der Waals surface area contributed by atoms with Gasteiger partial charge in [0.1, 0.15) is 29.2 Å². The highest BCUT2D eigenvalue weighted by molar-refractivity contribution is 5.96. The molecule has 0 saturated carbocycles. The zero-order chi connectivity index (χ0) is 30.6. The highest BCUT2D eigenvalue weighted by Gasteiger charge is 2.30. The Morgan fingerprint density at radius 1 is 0.884 bits per heavy atom. The summed E-state index contributed by atoms with van der Waals surface area (Å²) in [6.07, 6.45) is -0.838. The molecule has 228 valence electrons. The molecule has 2 amide bonds. The van der Waals surface area contributed by atoms with Crippen molar-refractivity contribution in [1.82, 2.24) is 20.1 Å². The molecule has 5 rings (SSSR count). The van der Waals surface area contributed by atoms with Gasteiger partial charge in [0.25, 0.3) is 11.8 Å². The van der Waals surface area contributed by atoms with Crippen molar-refractivity contribution < 1.29 is 36.3 Å². The van der Waals surface area contributed by atoms with E-state index in [1.54, 1.807) is 11.0 Å². The van der Waals surface area contributed by atoms with E-state index < -0.39 is 23.4 Å². The van der Waals surface area contributed by atoms with Gasteiger partial charge in [0.2, 0.25) is 0 Å². The van der Waals surface area contributed by atoms with Gasteiger partial charge in [-0.15, -0.1) is 0 Å². The molecule has 43 heavy (non-hydrogen) atoms. The predicted molar refractivity (Wildman–Crippen MR) is 147 cm³/mol. The van der Waals surface area contributed by atoms with Crippen LogP contribution in [-0.2, 0) is 12.7 Å². The van der Waals surface area contributed by atoms with E-state index in [2.05, 4.69) is 15.2 Å². The van der Waals surface area contributed by atoms with Crippen molar-refractivity contribution in [2.45, 2.75) is 50.6 Å². The van der Waals surface area contributed by atoms with Gasteiger partial charge in [0, 0.05) is 63.9 Å². The Kier molecular flexibility index (Phi) is 9.24. The number of amides is 2. The van der Waals surface area contributed by atoms with Gasteiger partial charge >= 0.3 is 6.18 Å². The van der Waals surface area contributed by atoms with Crippen LogP contribution < -0.4 is 10.1 Å². The second kappa shape index (κ2) is 13.1. The molecule has 12 heteroatoms. The number of nitrogens with one attached hydrogen (secondary N) is 1. The van der Waals surface area contributed by atoms with E-state index in [-0.39, 0.29) is 29.7 Å². The maximum atomic E-state index is 13.5. The second-order valence-electron chi connectivity index (χ2n) is 10.9. The van der Waals surface area contributed by atoms with Crippen molar-refractivity contribution in [2.75, 3.05) is 26.2 Å². The summed E-state index contributed by atoms with van der Waals surface area (Å²) in [5.74, 6) is -1.43. The largest absolute Gasteiger partial charge is 0.490 e. The van der Waals surface area contributed by atoms with Gasteiger partial charge in [-0.25, -0.2) is 8.78 Å². The molecule has 3 aromatic rings. The van der Waals surface area contributed by atoms with Crippen molar-refractivity contribution in [1.29, 1.82) is 0 Å². The molecule has 2 aromatic carbocycles. The van der Waals surface area contributed by atoms with E-state index in [0.29, 0.717) is 75.3 Å². The van der Waals surface area contributed by atoms with E-state index in [1.807, 2.05) is 0 Å². The fraction of sp³-hybridized carbons (Fsp3) is 0.387. The van der Waals surface area contributed by atoms with Crippen LogP contribution in [0.2, 0.25) is 0 Å². The second-order valence-corrected chi connectivity index (χ2v) is 10.9. The number of likely N-dealkylation sites (tertiary alicyclic amines) is 2. The van der Waals surface area contributed by atoms with Crippen molar-refractivity contribution >= 4 is 11.8 Å². The van der Waals surface area contributed by atoms with E-state index in [4.69, 9.17) is 4.74 Å². The fourth-order valence-electron chi connectivity index (χ4n) is 5.38. The Hall–Kier alpha value is -4.06. The number of benzene rings is 2. The molecule has 2 saturated heterocycles. The molecule has 1 aromatic heterocycles. The molecular formula is C31H31F5N4O3. The Bertz CT molecular complexity index is 1400. The van der Waals surface area contributed by atoms with Crippen LogP contribution in [0, 0.1) is 11.6 Å². The van der Waals surface area contributed by atoms with Gasteiger partial charge in [-0.1, -0.05) is 0 Å². The molecule has 0 spiro atoms. The molecule has 2 fully saturated rings. The lowest BCUT2D eigenvalue weighted by Gasteiger charge is -2.32. The first-order valence-electron chi connectivity index (χ1n) is 14.1. The van der Waals surface area contributed by atoms with Crippen LogP contribution in [-0.4, -0.2) is 64.9 Å². The molecule has 0 unspecified atom stereocenters. The molecule has 1 N–H and O–H groups in total.